The molecule has 0 bridgehead atoms. The van der Waals surface area contributed by atoms with E-state index in [-0.39, 0.29) is 30.2 Å². The molecule has 0 saturated heterocycles. The molecular formula is C11H16N2O4S. The van der Waals surface area contributed by atoms with Gasteiger partial charge in [0.1, 0.15) is 5.03 Å². The van der Waals surface area contributed by atoms with Gasteiger partial charge in [0.25, 0.3) is 0 Å². The van der Waals surface area contributed by atoms with E-state index in [1.54, 1.807) is 6.92 Å². The van der Waals surface area contributed by atoms with E-state index in [0.29, 0.717) is 5.03 Å². The quantitative estimate of drug-likeness (QED) is 0.504. The molecule has 0 aromatic carbocycles. The lowest BCUT2D eigenvalue weighted by Gasteiger charge is -2.10. The minimum Gasteiger partial charge on any atom is -0.462 e. The van der Waals surface area contributed by atoms with Crippen LogP contribution >= 0.6 is 11.8 Å². The van der Waals surface area contributed by atoms with Crippen molar-refractivity contribution >= 4 is 23.4 Å². The van der Waals surface area contributed by atoms with Crippen molar-refractivity contribution in [1.29, 1.82) is 0 Å². The normalized spacial score (nSPS) is 12.2. The number of hydrogen-bond acceptors (Lipinski definition) is 7. The highest BCUT2D eigenvalue weighted by Crippen LogP contribution is 2.26. The first-order valence-electron chi connectivity index (χ1n) is 5.43. The number of rotatable bonds is 6. The van der Waals surface area contributed by atoms with Gasteiger partial charge in [0, 0.05) is 11.9 Å². The second-order valence-electron chi connectivity index (χ2n) is 3.45. The molecule has 1 unspecified atom stereocenters. The zero-order valence-corrected chi connectivity index (χ0v) is 10.8. The van der Waals surface area contributed by atoms with Crippen LogP contribution in [0.2, 0.25) is 0 Å². The fraction of sp³-hybridized carbons (Fsp3) is 0.455. The average Bonchev–Trinajstić information content (AvgIpc) is 2.37. The first-order chi connectivity index (χ1) is 8.60. The fourth-order valence-corrected chi connectivity index (χ4v) is 2.04. The van der Waals surface area contributed by atoms with E-state index >= 15 is 0 Å². The van der Waals surface area contributed by atoms with Crippen molar-refractivity contribution in [3.8, 4) is 0 Å². The van der Waals surface area contributed by atoms with Gasteiger partial charge in [0.05, 0.1) is 30.6 Å². The Labute approximate surface area is 109 Å². The Kier molecular flexibility index (Phi) is 5.90. The van der Waals surface area contributed by atoms with E-state index in [4.69, 9.17) is 15.6 Å². The van der Waals surface area contributed by atoms with Gasteiger partial charge >= 0.3 is 5.97 Å². The molecular weight excluding hydrogens is 256 g/mol. The number of nitrogens with two attached hydrogens (primary N) is 1. The molecule has 1 aromatic heterocycles. The topological polar surface area (TPSA) is 106 Å². The van der Waals surface area contributed by atoms with Crippen LogP contribution < -0.4 is 5.73 Å². The Hall–Kier alpha value is -1.31. The summed E-state index contributed by atoms with van der Waals surface area (Å²) in [4.78, 5) is 15.6. The van der Waals surface area contributed by atoms with Gasteiger partial charge in [0.2, 0.25) is 0 Å². The number of thioether (sulfide) groups is 1. The zero-order valence-electron chi connectivity index (χ0n) is 10.00. The Morgan fingerprint density at radius 3 is 3.00 bits per heavy atom. The predicted octanol–water partition coefficient (Wildman–Crippen LogP) is 0.286. The summed E-state index contributed by atoms with van der Waals surface area (Å²) in [7, 11) is 0. The summed E-state index contributed by atoms with van der Waals surface area (Å²) >= 11 is 1.18. The highest BCUT2D eigenvalue weighted by atomic mass is 32.2. The van der Waals surface area contributed by atoms with Gasteiger partial charge in [-0.25, -0.2) is 9.78 Å². The van der Waals surface area contributed by atoms with Crippen molar-refractivity contribution in [2.45, 2.75) is 18.1 Å². The van der Waals surface area contributed by atoms with Gasteiger partial charge in [-0.2, -0.15) is 0 Å². The fourth-order valence-electron chi connectivity index (χ4n) is 1.18. The summed E-state index contributed by atoms with van der Waals surface area (Å²) in [6, 6.07) is 1.49. The lowest BCUT2D eigenvalue weighted by molar-refractivity contribution is 0.0527. The number of aliphatic hydroxyl groups excluding tert-OH is 2. The lowest BCUT2D eigenvalue weighted by atomic mass is 10.2. The Morgan fingerprint density at radius 2 is 2.39 bits per heavy atom. The smallest absolute Gasteiger partial charge is 0.340 e. The van der Waals surface area contributed by atoms with E-state index in [2.05, 4.69) is 4.98 Å². The average molecular weight is 272 g/mol. The van der Waals surface area contributed by atoms with Crippen molar-refractivity contribution in [2.75, 3.05) is 24.7 Å². The molecule has 0 spiro atoms. The van der Waals surface area contributed by atoms with Gasteiger partial charge in [0.15, 0.2) is 0 Å². The van der Waals surface area contributed by atoms with Gasteiger partial charge in [-0.15, -0.1) is 11.8 Å². The summed E-state index contributed by atoms with van der Waals surface area (Å²) in [6.07, 6.45) is 0.610. The highest BCUT2D eigenvalue weighted by molar-refractivity contribution is 7.99. The standard InChI is InChI=1S/C11H16N2O4S/c1-2-17-11(16)8-3-4-13-10(9(8)12)18-6-7(15)5-14/h3-4,7,14-15H,2,5-6,12H2,1H3. The van der Waals surface area contributed by atoms with Crippen LogP contribution in [0.1, 0.15) is 17.3 Å². The third kappa shape index (κ3) is 3.86. The van der Waals surface area contributed by atoms with Crippen molar-refractivity contribution in [1.82, 2.24) is 4.98 Å². The molecule has 0 aliphatic rings. The van der Waals surface area contributed by atoms with Crippen LogP contribution in [0.4, 0.5) is 5.69 Å². The van der Waals surface area contributed by atoms with Gasteiger partial charge in [-0.1, -0.05) is 0 Å². The van der Waals surface area contributed by atoms with Crippen LogP contribution in [-0.2, 0) is 4.74 Å². The number of nitrogen functional groups attached to an aromatic ring is 1. The van der Waals surface area contributed by atoms with Crippen LogP contribution in [0.3, 0.4) is 0 Å². The first kappa shape index (κ1) is 14.7. The molecule has 0 saturated carbocycles. The van der Waals surface area contributed by atoms with E-state index in [1.807, 2.05) is 0 Å². The Bertz CT molecular complexity index is 414. The van der Waals surface area contributed by atoms with Crippen LogP contribution in [0.25, 0.3) is 0 Å². The number of anilines is 1. The number of ether oxygens (including phenoxy) is 1. The molecule has 6 nitrogen and oxygen atoms in total. The van der Waals surface area contributed by atoms with Crippen molar-refractivity contribution in [3.63, 3.8) is 0 Å². The molecule has 7 heteroatoms. The maximum atomic E-state index is 11.6. The number of nitrogens with zero attached hydrogens (tertiary/aromatic N) is 1. The number of carbonyl (C=O) groups excluding carboxylic acids is 1. The third-order valence-electron chi connectivity index (χ3n) is 2.07. The van der Waals surface area contributed by atoms with Crippen molar-refractivity contribution < 1.29 is 19.7 Å². The summed E-state index contributed by atoms with van der Waals surface area (Å²) in [5.74, 6) is -0.248. The minimum atomic E-state index is -0.845. The van der Waals surface area contributed by atoms with Gasteiger partial charge in [-0.05, 0) is 13.0 Å². The number of esters is 1. The number of pyridine rings is 1. The first-order valence-corrected chi connectivity index (χ1v) is 6.42. The van der Waals surface area contributed by atoms with Crippen LogP contribution in [-0.4, -0.2) is 46.2 Å². The molecule has 0 aliphatic heterocycles. The lowest BCUT2D eigenvalue weighted by Crippen LogP contribution is -2.15. The van der Waals surface area contributed by atoms with Crippen LogP contribution in [0.5, 0.6) is 0 Å². The largest absolute Gasteiger partial charge is 0.462 e. The Balaban J connectivity index is 2.81. The van der Waals surface area contributed by atoms with Crippen molar-refractivity contribution in [3.05, 3.63) is 17.8 Å². The summed E-state index contributed by atoms with van der Waals surface area (Å²) in [5, 5.41) is 18.4. The minimum absolute atomic E-state index is 0.228. The number of aromatic nitrogens is 1. The molecule has 1 rings (SSSR count). The van der Waals surface area contributed by atoms with E-state index in [0.717, 1.165) is 0 Å². The molecule has 100 valence electrons. The van der Waals surface area contributed by atoms with Gasteiger partial charge in [-0.3, -0.25) is 0 Å². The summed E-state index contributed by atoms with van der Waals surface area (Å²) in [5.41, 5.74) is 6.30. The molecule has 0 radical (unpaired) electrons. The maximum Gasteiger partial charge on any atom is 0.340 e. The molecule has 0 fully saturated rings. The Morgan fingerprint density at radius 1 is 1.67 bits per heavy atom. The molecule has 0 aliphatic carbocycles. The second-order valence-corrected chi connectivity index (χ2v) is 4.45. The summed E-state index contributed by atoms with van der Waals surface area (Å²) < 4.78 is 4.87. The zero-order chi connectivity index (χ0) is 13.5. The number of carbonyl (C=O) groups is 1. The molecule has 18 heavy (non-hydrogen) atoms. The monoisotopic (exact) mass is 272 g/mol. The van der Waals surface area contributed by atoms with Crippen LogP contribution in [0.15, 0.2) is 17.3 Å². The van der Waals surface area contributed by atoms with Crippen molar-refractivity contribution in [2.24, 2.45) is 0 Å². The maximum absolute atomic E-state index is 11.6. The highest BCUT2D eigenvalue weighted by Gasteiger charge is 2.15. The molecule has 0 amide bonds. The summed E-state index contributed by atoms with van der Waals surface area (Å²) in [6.45, 7) is 1.65. The third-order valence-corrected chi connectivity index (χ3v) is 3.22. The molecule has 4 N–H and O–H groups in total. The van der Waals surface area contributed by atoms with Gasteiger partial charge < -0.3 is 20.7 Å². The van der Waals surface area contributed by atoms with Crippen LogP contribution in [0, 0.1) is 0 Å². The predicted molar refractivity (Wildman–Crippen MR) is 68.4 cm³/mol. The van der Waals surface area contributed by atoms with E-state index < -0.39 is 12.1 Å². The second kappa shape index (κ2) is 7.20. The number of aliphatic hydroxyl groups is 2. The number of hydrogen-bond donors (Lipinski definition) is 3. The molecule has 1 aromatic rings. The van der Waals surface area contributed by atoms with E-state index in [9.17, 15) is 9.90 Å². The molecule has 1 atom stereocenters. The SMILES string of the molecule is CCOC(=O)c1ccnc(SCC(O)CO)c1N. The molecule has 1 heterocycles. The van der Waals surface area contributed by atoms with E-state index in [1.165, 1.54) is 24.0 Å².